The van der Waals surface area contributed by atoms with Crippen molar-refractivity contribution in [1.29, 1.82) is 0 Å². The summed E-state index contributed by atoms with van der Waals surface area (Å²) in [6.07, 6.45) is 3.68. The Labute approximate surface area is 102 Å². The molecule has 1 heterocycles. The van der Waals surface area contributed by atoms with Crippen molar-refractivity contribution in [3.8, 4) is 11.5 Å². The first-order valence-electron chi connectivity index (χ1n) is 5.41. The topological polar surface area (TPSA) is 41.5 Å². The summed E-state index contributed by atoms with van der Waals surface area (Å²) in [5.74, 6) is 0.761. The molecular weight excluding hydrogens is 226 g/mol. The third kappa shape index (κ3) is 2.80. The Kier molecular flexibility index (Phi) is 4.90. The third-order valence-corrected chi connectivity index (χ3v) is 2.92. The van der Waals surface area contributed by atoms with Crippen molar-refractivity contribution in [3.63, 3.8) is 0 Å². The minimum atomic E-state index is 0. The third-order valence-electron chi connectivity index (χ3n) is 2.92. The first-order valence-corrected chi connectivity index (χ1v) is 5.41. The van der Waals surface area contributed by atoms with E-state index in [1.54, 1.807) is 13.2 Å². The fourth-order valence-electron chi connectivity index (χ4n) is 2.05. The van der Waals surface area contributed by atoms with Gasteiger partial charge in [-0.1, -0.05) is 12.5 Å². The number of nitrogens with one attached hydrogen (secondary N) is 1. The van der Waals surface area contributed by atoms with E-state index in [0.717, 1.165) is 13.0 Å². The molecule has 0 aliphatic carbocycles. The largest absolute Gasteiger partial charge is 0.504 e. The lowest BCUT2D eigenvalue weighted by Gasteiger charge is -2.24. The van der Waals surface area contributed by atoms with E-state index in [1.165, 1.54) is 18.4 Å². The number of aromatic hydroxyl groups is 1. The molecule has 1 aromatic carbocycles. The predicted octanol–water partition coefficient (Wildman–Crippen LogP) is 2.64. The SMILES string of the molecule is COc1cc([C@H]2CCCCN2)ccc1O.Cl. The fourth-order valence-corrected chi connectivity index (χ4v) is 2.05. The standard InChI is InChI=1S/C12H17NO2.ClH/c1-15-12-8-9(5-6-11(12)14)10-4-2-3-7-13-10;/h5-6,8,10,13-14H,2-4,7H2,1H3;1H/t10-;/m1./s1. The van der Waals surface area contributed by atoms with E-state index in [9.17, 15) is 5.11 Å². The predicted molar refractivity (Wildman–Crippen MR) is 66.5 cm³/mol. The summed E-state index contributed by atoms with van der Waals surface area (Å²) < 4.78 is 5.10. The van der Waals surface area contributed by atoms with Crippen molar-refractivity contribution < 1.29 is 9.84 Å². The average Bonchev–Trinajstić information content (AvgIpc) is 2.31. The number of piperidine rings is 1. The maximum Gasteiger partial charge on any atom is 0.160 e. The van der Waals surface area contributed by atoms with Gasteiger partial charge in [-0.05, 0) is 37.1 Å². The highest BCUT2D eigenvalue weighted by Crippen LogP contribution is 2.31. The van der Waals surface area contributed by atoms with Gasteiger partial charge in [0.1, 0.15) is 0 Å². The molecule has 0 saturated carbocycles. The second-order valence-electron chi connectivity index (χ2n) is 3.93. The quantitative estimate of drug-likeness (QED) is 0.839. The van der Waals surface area contributed by atoms with E-state index in [0.29, 0.717) is 11.8 Å². The van der Waals surface area contributed by atoms with Crippen LogP contribution in [-0.2, 0) is 0 Å². The zero-order chi connectivity index (χ0) is 10.7. The van der Waals surface area contributed by atoms with Crippen LogP contribution in [0.2, 0.25) is 0 Å². The van der Waals surface area contributed by atoms with Crippen molar-refractivity contribution >= 4 is 12.4 Å². The average molecular weight is 244 g/mol. The highest BCUT2D eigenvalue weighted by molar-refractivity contribution is 5.85. The fraction of sp³-hybridized carbons (Fsp3) is 0.500. The monoisotopic (exact) mass is 243 g/mol. The van der Waals surface area contributed by atoms with Gasteiger partial charge in [-0.25, -0.2) is 0 Å². The molecule has 1 aliphatic rings. The summed E-state index contributed by atoms with van der Waals surface area (Å²) in [4.78, 5) is 0. The van der Waals surface area contributed by atoms with Crippen LogP contribution in [0.4, 0.5) is 0 Å². The van der Waals surface area contributed by atoms with Gasteiger partial charge in [0, 0.05) is 6.04 Å². The molecule has 1 saturated heterocycles. The maximum absolute atomic E-state index is 9.49. The smallest absolute Gasteiger partial charge is 0.160 e. The number of methoxy groups -OCH3 is 1. The van der Waals surface area contributed by atoms with Crippen molar-refractivity contribution in [2.75, 3.05) is 13.7 Å². The number of halogens is 1. The summed E-state index contributed by atoms with van der Waals surface area (Å²) in [7, 11) is 1.58. The molecule has 1 aromatic rings. The van der Waals surface area contributed by atoms with Crippen LogP contribution in [0.15, 0.2) is 18.2 Å². The van der Waals surface area contributed by atoms with Crippen LogP contribution in [0.3, 0.4) is 0 Å². The second-order valence-corrected chi connectivity index (χ2v) is 3.93. The Morgan fingerprint density at radius 3 is 2.81 bits per heavy atom. The van der Waals surface area contributed by atoms with Crippen LogP contribution in [0.25, 0.3) is 0 Å². The molecule has 3 nitrogen and oxygen atoms in total. The zero-order valence-corrected chi connectivity index (χ0v) is 10.2. The Balaban J connectivity index is 0.00000128. The second kappa shape index (κ2) is 5.97. The summed E-state index contributed by atoms with van der Waals surface area (Å²) >= 11 is 0. The van der Waals surface area contributed by atoms with Crippen LogP contribution >= 0.6 is 12.4 Å². The van der Waals surface area contributed by atoms with Gasteiger partial charge in [-0.2, -0.15) is 0 Å². The van der Waals surface area contributed by atoms with E-state index >= 15 is 0 Å². The molecule has 90 valence electrons. The molecule has 2 N–H and O–H groups in total. The molecule has 0 unspecified atom stereocenters. The van der Waals surface area contributed by atoms with Crippen molar-refractivity contribution in [2.45, 2.75) is 25.3 Å². The Morgan fingerprint density at radius 1 is 1.38 bits per heavy atom. The van der Waals surface area contributed by atoms with Gasteiger partial charge in [0.05, 0.1) is 7.11 Å². The molecule has 0 amide bonds. The van der Waals surface area contributed by atoms with E-state index in [-0.39, 0.29) is 18.2 Å². The molecular formula is C12H18ClNO2. The van der Waals surface area contributed by atoms with Gasteiger partial charge < -0.3 is 15.2 Å². The summed E-state index contributed by atoms with van der Waals surface area (Å²) in [6, 6.07) is 5.98. The molecule has 2 rings (SSSR count). The molecule has 4 heteroatoms. The molecule has 0 spiro atoms. The molecule has 16 heavy (non-hydrogen) atoms. The van der Waals surface area contributed by atoms with Crippen LogP contribution in [-0.4, -0.2) is 18.8 Å². The molecule has 1 atom stereocenters. The number of hydrogen-bond acceptors (Lipinski definition) is 3. The lowest BCUT2D eigenvalue weighted by molar-refractivity contribution is 0.369. The first-order chi connectivity index (χ1) is 7.31. The van der Waals surface area contributed by atoms with Gasteiger partial charge >= 0.3 is 0 Å². The van der Waals surface area contributed by atoms with Gasteiger partial charge in [0.25, 0.3) is 0 Å². The number of rotatable bonds is 2. The van der Waals surface area contributed by atoms with Gasteiger partial charge in [-0.3, -0.25) is 0 Å². The van der Waals surface area contributed by atoms with E-state index in [2.05, 4.69) is 5.32 Å². The highest BCUT2D eigenvalue weighted by Gasteiger charge is 2.15. The zero-order valence-electron chi connectivity index (χ0n) is 9.40. The molecule has 1 aliphatic heterocycles. The highest BCUT2D eigenvalue weighted by atomic mass is 35.5. The van der Waals surface area contributed by atoms with E-state index in [4.69, 9.17) is 4.74 Å². The molecule has 1 fully saturated rings. The molecule has 0 bridgehead atoms. The minimum absolute atomic E-state index is 0. The van der Waals surface area contributed by atoms with E-state index < -0.39 is 0 Å². The number of ether oxygens (including phenoxy) is 1. The van der Waals surface area contributed by atoms with E-state index in [1.807, 2.05) is 12.1 Å². The number of phenols is 1. The summed E-state index contributed by atoms with van der Waals surface area (Å²) in [5, 5.41) is 13.0. The van der Waals surface area contributed by atoms with Crippen LogP contribution in [0.5, 0.6) is 11.5 Å². The van der Waals surface area contributed by atoms with Crippen molar-refractivity contribution in [3.05, 3.63) is 23.8 Å². The van der Waals surface area contributed by atoms with Crippen molar-refractivity contribution in [1.82, 2.24) is 5.32 Å². The van der Waals surface area contributed by atoms with Crippen LogP contribution < -0.4 is 10.1 Å². The lowest BCUT2D eigenvalue weighted by Crippen LogP contribution is -2.26. The van der Waals surface area contributed by atoms with Crippen LogP contribution in [0, 0.1) is 0 Å². The Hall–Kier alpha value is -0.930. The Morgan fingerprint density at radius 2 is 2.19 bits per heavy atom. The first kappa shape index (κ1) is 13.1. The lowest BCUT2D eigenvalue weighted by atomic mass is 9.97. The summed E-state index contributed by atoms with van der Waals surface area (Å²) in [6.45, 7) is 1.08. The number of benzene rings is 1. The number of phenolic OH excluding ortho intramolecular Hbond substituents is 1. The van der Waals surface area contributed by atoms with Crippen molar-refractivity contribution in [2.24, 2.45) is 0 Å². The van der Waals surface area contributed by atoms with Gasteiger partial charge in [0.15, 0.2) is 11.5 Å². The normalized spacial score (nSPS) is 19.9. The maximum atomic E-state index is 9.49. The molecule has 0 radical (unpaired) electrons. The van der Waals surface area contributed by atoms with Crippen LogP contribution in [0.1, 0.15) is 30.9 Å². The van der Waals surface area contributed by atoms with Gasteiger partial charge in [0.2, 0.25) is 0 Å². The number of hydrogen-bond donors (Lipinski definition) is 2. The Bertz CT molecular complexity index is 338. The summed E-state index contributed by atoms with van der Waals surface area (Å²) in [5.41, 5.74) is 1.20. The minimum Gasteiger partial charge on any atom is -0.504 e. The van der Waals surface area contributed by atoms with Gasteiger partial charge in [-0.15, -0.1) is 12.4 Å². The molecule has 0 aromatic heterocycles.